The van der Waals surface area contributed by atoms with Crippen molar-refractivity contribution in [3.63, 3.8) is 0 Å². The Morgan fingerprint density at radius 3 is 2.74 bits per heavy atom. The van der Waals surface area contributed by atoms with E-state index in [4.69, 9.17) is 14.3 Å². The van der Waals surface area contributed by atoms with Crippen molar-refractivity contribution >= 4 is 5.97 Å². The van der Waals surface area contributed by atoms with E-state index in [1.165, 1.54) is 18.2 Å². The van der Waals surface area contributed by atoms with Crippen molar-refractivity contribution in [3.05, 3.63) is 52.7 Å². The molecular weight excluding hydrogens is 251 g/mol. The monoisotopic (exact) mass is 264 g/mol. The zero-order valence-electron chi connectivity index (χ0n) is 10.6. The van der Waals surface area contributed by atoms with Crippen LogP contribution in [0.4, 0.5) is 4.39 Å². The quantitative estimate of drug-likeness (QED) is 0.920. The van der Waals surface area contributed by atoms with Gasteiger partial charge in [0.25, 0.3) is 0 Å². The SMILES string of the molecule is Cc1ccc(F)cc1OCc1cc(C(=O)O)oc1C. The summed E-state index contributed by atoms with van der Waals surface area (Å²) in [5.41, 5.74) is 1.43. The number of hydrogen-bond donors (Lipinski definition) is 1. The Morgan fingerprint density at radius 2 is 2.11 bits per heavy atom. The van der Waals surface area contributed by atoms with Gasteiger partial charge in [-0.05, 0) is 31.5 Å². The lowest BCUT2D eigenvalue weighted by Crippen LogP contribution is -1.98. The van der Waals surface area contributed by atoms with Crippen LogP contribution in [0.25, 0.3) is 0 Å². The molecule has 1 N–H and O–H groups in total. The maximum Gasteiger partial charge on any atom is 0.371 e. The largest absolute Gasteiger partial charge is 0.488 e. The molecule has 2 aromatic rings. The lowest BCUT2D eigenvalue weighted by molar-refractivity contribution is 0.0661. The summed E-state index contributed by atoms with van der Waals surface area (Å²) in [5.74, 6) is -0.733. The number of carboxylic acids is 1. The van der Waals surface area contributed by atoms with Gasteiger partial charge in [-0.1, -0.05) is 6.07 Å². The third-order valence-electron chi connectivity index (χ3n) is 2.76. The molecule has 0 radical (unpaired) electrons. The van der Waals surface area contributed by atoms with Crippen molar-refractivity contribution in [1.29, 1.82) is 0 Å². The molecule has 0 saturated heterocycles. The van der Waals surface area contributed by atoms with Crippen molar-refractivity contribution in [2.75, 3.05) is 0 Å². The lowest BCUT2D eigenvalue weighted by Gasteiger charge is -2.08. The molecule has 100 valence electrons. The molecule has 4 nitrogen and oxygen atoms in total. The normalized spacial score (nSPS) is 10.5. The van der Waals surface area contributed by atoms with Crippen LogP contribution >= 0.6 is 0 Å². The van der Waals surface area contributed by atoms with Crippen LogP contribution in [0.15, 0.2) is 28.7 Å². The number of carboxylic acid groups (broad SMARTS) is 1. The fourth-order valence-corrected chi connectivity index (χ4v) is 1.65. The Balaban J connectivity index is 2.14. The molecule has 1 heterocycles. The van der Waals surface area contributed by atoms with Gasteiger partial charge < -0.3 is 14.3 Å². The molecule has 0 atom stereocenters. The smallest absolute Gasteiger partial charge is 0.371 e. The van der Waals surface area contributed by atoms with E-state index in [0.29, 0.717) is 17.1 Å². The second-order valence-corrected chi connectivity index (χ2v) is 4.20. The van der Waals surface area contributed by atoms with Gasteiger partial charge in [0.1, 0.15) is 23.9 Å². The van der Waals surface area contributed by atoms with Crippen molar-refractivity contribution in [3.8, 4) is 5.75 Å². The Labute approximate surface area is 109 Å². The molecule has 5 heteroatoms. The van der Waals surface area contributed by atoms with Crippen molar-refractivity contribution < 1.29 is 23.4 Å². The van der Waals surface area contributed by atoms with Gasteiger partial charge in [0.15, 0.2) is 0 Å². The average molecular weight is 264 g/mol. The van der Waals surface area contributed by atoms with Crippen LogP contribution in [0.5, 0.6) is 5.75 Å². The fourth-order valence-electron chi connectivity index (χ4n) is 1.65. The molecule has 19 heavy (non-hydrogen) atoms. The van der Waals surface area contributed by atoms with Gasteiger partial charge in [-0.3, -0.25) is 0 Å². The molecule has 0 fully saturated rings. The first-order valence-electron chi connectivity index (χ1n) is 5.69. The number of furan rings is 1. The standard InChI is InChI=1S/C14H13FO4/c1-8-3-4-11(15)6-12(8)18-7-10-5-13(14(16)17)19-9(10)2/h3-6H,7H2,1-2H3,(H,16,17). The van der Waals surface area contributed by atoms with Gasteiger partial charge in [0.05, 0.1) is 0 Å². The maximum absolute atomic E-state index is 13.1. The molecule has 0 spiro atoms. The van der Waals surface area contributed by atoms with Crippen LogP contribution in [-0.2, 0) is 6.61 Å². The molecule has 1 aromatic carbocycles. The third kappa shape index (κ3) is 2.93. The number of carbonyl (C=O) groups is 1. The van der Waals surface area contributed by atoms with Gasteiger partial charge in [0.2, 0.25) is 5.76 Å². The number of aryl methyl sites for hydroxylation is 2. The molecule has 0 aliphatic heterocycles. The topological polar surface area (TPSA) is 59.7 Å². The second kappa shape index (κ2) is 5.14. The molecule has 2 rings (SSSR count). The summed E-state index contributed by atoms with van der Waals surface area (Å²) in [6.07, 6.45) is 0. The van der Waals surface area contributed by atoms with E-state index in [1.807, 2.05) is 0 Å². The van der Waals surface area contributed by atoms with Crippen LogP contribution in [-0.4, -0.2) is 11.1 Å². The highest BCUT2D eigenvalue weighted by Gasteiger charge is 2.13. The van der Waals surface area contributed by atoms with Crippen LogP contribution in [0.1, 0.15) is 27.4 Å². The predicted molar refractivity (Wildman–Crippen MR) is 65.9 cm³/mol. The highest BCUT2D eigenvalue weighted by atomic mass is 19.1. The van der Waals surface area contributed by atoms with Gasteiger partial charge >= 0.3 is 5.97 Å². The van der Waals surface area contributed by atoms with Gasteiger partial charge in [0, 0.05) is 11.6 Å². The summed E-state index contributed by atoms with van der Waals surface area (Å²) < 4.78 is 23.6. The van der Waals surface area contributed by atoms with E-state index in [9.17, 15) is 9.18 Å². The Morgan fingerprint density at radius 1 is 1.37 bits per heavy atom. The molecule has 0 aliphatic carbocycles. The molecule has 0 unspecified atom stereocenters. The summed E-state index contributed by atoms with van der Waals surface area (Å²) in [4.78, 5) is 10.8. The van der Waals surface area contributed by atoms with E-state index in [2.05, 4.69) is 0 Å². The lowest BCUT2D eigenvalue weighted by atomic mass is 10.2. The summed E-state index contributed by atoms with van der Waals surface area (Å²) >= 11 is 0. The molecule has 1 aromatic heterocycles. The maximum atomic E-state index is 13.1. The average Bonchev–Trinajstić information content (AvgIpc) is 2.72. The van der Waals surface area contributed by atoms with E-state index < -0.39 is 5.97 Å². The first-order valence-corrected chi connectivity index (χ1v) is 5.69. The summed E-state index contributed by atoms with van der Waals surface area (Å²) in [5, 5.41) is 8.80. The predicted octanol–water partition coefficient (Wildman–Crippen LogP) is 3.31. The van der Waals surface area contributed by atoms with Crippen molar-refractivity contribution in [1.82, 2.24) is 0 Å². The number of benzene rings is 1. The van der Waals surface area contributed by atoms with E-state index in [0.717, 1.165) is 5.56 Å². The summed E-state index contributed by atoms with van der Waals surface area (Å²) in [6, 6.07) is 5.68. The van der Waals surface area contributed by atoms with Crippen molar-refractivity contribution in [2.45, 2.75) is 20.5 Å². The minimum absolute atomic E-state index is 0.132. The van der Waals surface area contributed by atoms with Gasteiger partial charge in [-0.15, -0.1) is 0 Å². The minimum Gasteiger partial charge on any atom is -0.488 e. The van der Waals surface area contributed by atoms with E-state index in [-0.39, 0.29) is 18.2 Å². The van der Waals surface area contributed by atoms with Crippen molar-refractivity contribution in [2.24, 2.45) is 0 Å². The zero-order valence-corrected chi connectivity index (χ0v) is 10.6. The Bertz CT molecular complexity index is 616. The van der Waals surface area contributed by atoms with E-state index in [1.54, 1.807) is 19.9 Å². The van der Waals surface area contributed by atoms with Crippen LogP contribution < -0.4 is 4.74 Å². The first-order chi connectivity index (χ1) is 8.97. The number of halogens is 1. The molecule has 0 aliphatic rings. The van der Waals surface area contributed by atoms with Gasteiger partial charge in [-0.25, -0.2) is 9.18 Å². The Kier molecular flexibility index (Phi) is 3.55. The summed E-state index contributed by atoms with van der Waals surface area (Å²) in [7, 11) is 0. The third-order valence-corrected chi connectivity index (χ3v) is 2.76. The first kappa shape index (κ1) is 13.1. The Hall–Kier alpha value is -2.30. The van der Waals surface area contributed by atoms with Crippen LogP contribution in [0.3, 0.4) is 0 Å². The van der Waals surface area contributed by atoms with E-state index >= 15 is 0 Å². The van der Waals surface area contributed by atoms with Crippen LogP contribution in [0, 0.1) is 19.7 Å². The highest BCUT2D eigenvalue weighted by molar-refractivity contribution is 5.84. The van der Waals surface area contributed by atoms with Gasteiger partial charge in [-0.2, -0.15) is 0 Å². The number of aromatic carboxylic acids is 1. The number of rotatable bonds is 4. The fraction of sp³-hybridized carbons (Fsp3) is 0.214. The molecule has 0 bridgehead atoms. The van der Waals surface area contributed by atoms with Crippen LogP contribution in [0.2, 0.25) is 0 Å². The summed E-state index contributed by atoms with van der Waals surface area (Å²) in [6.45, 7) is 3.59. The molecule has 0 saturated carbocycles. The highest BCUT2D eigenvalue weighted by Crippen LogP contribution is 2.22. The minimum atomic E-state index is -1.13. The number of ether oxygens (including phenoxy) is 1. The molecule has 0 amide bonds. The second-order valence-electron chi connectivity index (χ2n) is 4.20. The number of hydrogen-bond acceptors (Lipinski definition) is 3. The zero-order chi connectivity index (χ0) is 14.0. The molecular formula is C14H13FO4.